The van der Waals surface area contributed by atoms with Crippen molar-refractivity contribution in [3.8, 4) is 0 Å². The normalized spacial score (nSPS) is 23.4. The summed E-state index contributed by atoms with van der Waals surface area (Å²) in [6.07, 6.45) is 4.24. The van der Waals surface area contributed by atoms with E-state index in [2.05, 4.69) is 29.9 Å². The summed E-state index contributed by atoms with van der Waals surface area (Å²) in [5, 5.41) is 15.8. The predicted molar refractivity (Wildman–Crippen MR) is 84.2 cm³/mol. The fourth-order valence-corrected chi connectivity index (χ4v) is 2.87. The van der Waals surface area contributed by atoms with E-state index in [1.54, 1.807) is 11.8 Å². The second-order valence-corrected chi connectivity index (χ2v) is 6.39. The van der Waals surface area contributed by atoms with Gasteiger partial charge in [0.25, 0.3) is 0 Å². The van der Waals surface area contributed by atoms with Crippen molar-refractivity contribution in [2.75, 3.05) is 11.6 Å². The van der Waals surface area contributed by atoms with Crippen molar-refractivity contribution in [2.45, 2.75) is 43.6 Å². The molecular formula is C15H22N2O2S. The Hall–Kier alpha value is -1.20. The molecule has 110 valence electrons. The summed E-state index contributed by atoms with van der Waals surface area (Å²) in [5.41, 5.74) is 1.98. The molecule has 1 fully saturated rings. The van der Waals surface area contributed by atoms with Gasteiger partial charge in [0, 0.05) is 10.9 Å². The molecule has 1 aromatic carbocycles. The summed E-state index contributed by atoms with van der Waals surface area (Å²) in [5.74, 6) is 0. The van der Waals surface area contributed by atoms with Crippen LogP contribution < -0.4 is 10.6 Å². The fraction of sp³-hybridized carbons (Fsp3) is 0.533. The minimum atomic E-state index is -0.413. The molecule has 1 aromatic rings. The smallest absolute Gasteiger partial charge is 0.319 e. The van der Waals surface area contributed by atoms with Gasteiger partial charge >= 0.3 is 6.03 Å². The average Bonchev–Trinajstić information content (AvgIpc) is 2.83. The van der Waals surface area contributed by atoms with E-state index in [1.807, 2.05) is 18.2 Å². The maximum absolute atomic E-state index is 11.9. The lowest BCUT2D eigenvalue weighted by Gasteiger charge is -2.17. The zero-order chi connectivity index (χ0) is 14.5. The van der Waals surface area contributed by atoms with E-state index in [1.165, 1.54) is 5.56 Å². The Morgan fingerprint density at radius 3 is 2.90 bits per heavy atom. The number of urea groups is 1. The first-order valence-corrected chi connectivity index (χ1v) is 8.27. The Labute approximate surface area is 124 Å². The van der Waals surface area contributed by atoms with Crippen LogP contribution >= 0.6 is 11.8 Å². The topological polar surface area (TPSA) is 61.4 Å². The fourth-order valence-electron chi connectivity index (χ4n) is 2.45. The van der Waals surface area contributed by atoms with Crippen LogP contribution in [0.2, 0.25) is 0 Å². The lowest BCUT2D eigenvalue weighted by Crippen LogP contribution is -2.42. The molecule has 5 heteroatoms. The Morgan fingerprint density at radius 2 is 2.25 bits per heavy atom. The van der Waals surface area contributed by atoms with Crippen molar-refractivity contribution in [2.24, 2.45) is 0 Å². The summed E-state index contributed by atoms with van der Waals surface area (Å²) >= 11 is 1.77. The number of nitrogens with one attached hydrogen (secondary N) is 2. The highest BCUT2D eigenvalue weighted by molar-refractivity contribution is 7.98. The molecule has 0 heterocycles. The van der Waals surface area contributed by atoms with Gasteiger partial charge in [0.2, 0.25) is 0 Å². The highest BCUT2D eigenvalue weighted by Gasteiger charge is 2.26. The van der Waals surface area contributed by atoms with E-state index in [9.17, 15) is 9.90 Å². The van der Waals surface area contributed by atoms with Gasteiger partial charge < -0.3 is 15.7 Å². The molecule has 2 amide bonds. The molecule has 1 saturated carbocycles. The van der Waals surface area contributed by atoms with E-state index in [0.29, 0.717) is 5.25 Å². The van der Waals surface area contributed by atoms with E-state index < -0.39 is 6.10 Å². The van der Waals surface area contributed by atoms with Crippen LogP contribution in [0.3, 0.4) is 0 Å². The highest BCUT2D eigenvalue weighted by Crippen LogP contribution is 2.27. The molecule has 0 aliphatic heterocycles. The van der Waals surface area contributed by atoms with Crippen LogP contribution in [0.15, 0.2) is 24.3 Å². The lowest BCUT2D eigenvalue weighted by atomic mass is 10.1. The lowest BCUT2D eigenvalue weighted by molar-refractivity contribution is 0.151. The Morgan fingerprint density at radius 1 is 1.45 bits per heavy atom. The standard InChI is InChI=1S/C15H22N2O2S/c1-10(20-2)11-5-3-6-12(9-11)16-15(19)17-13-7-4-8-14(13)18/h3,5-6,9-10,13-14,18H,4,7-8H2,1-2H3,(H2,16,17,19). The predicted octanol–water partition coefficient (Wildman–Crippen LogP) is 3.15. The average molecular weight is 294 g/mol. The number of aliphatic hydroxyl groups is 1. The van der Waals surface area contributed by atoms with Gasteiger partial charge in [-0.3, -0.25) is 0 Å². The van der Waals surface area contributed by atoms with Crippen LogP contribution in [0, 0.1) is 0 Å². The molecule has 0 radical (unpaired) electrons. The molecule has 3 N–H and O–H groups in total. The van der Waals surface area contributed by atoms with Gasteiger partial charge in [-0.05, 0) is 50.1 Å². The zero-order valence-corrected chi connectivity index (χ0v) is 12.7. The first kappa shape index (κ1) is 15.2. The van der Waals surface area contributed by atoms with Crippen LogP contribution in [0.4, 0.5) is 10.5 Å². The Kier molecular flexibility index (Phi) is 5.31. The minimum absolute atomic E-state index is 0.122. The number of anilines is 1. The second-order valence-electron chi connectivity index (χ2n) is 5.21. The van der Waals surface area contributed by atoms with Crippen LogP contribution in [-0.2, 0) is 0 Å². The number of carbonyl (C=O) groups is 1. The maximum atomic E-state index is 11.9. The van der Waals surface area contributed by atoms with Crippen LogP contribution in [0.25, 0.3) is 0 Å². The molecule has 0 aromatic heterocycles. The van der Waals surface area contributed by atoms with Crippen LogP contribution in [-0.4, -0.2) is 29.5 Å². The quantitative estimate of drug-likeness (QED) is 0.799. The third kappa shape index (κ3) is 3.90. The Bertz CT molecular complexity index is 467. The number of aliphatic hydroxyl groups excluding tert-OH is 1. The zero-order valence-electron chi connectivity index (χ0n) is 11.9. The molecule has 0 spiro atoms. The maximum Gasteiger partial charge on any atom is 0.319 e. The molecular weight excluding hydrogens is 272 g/mol. The molecule has 2 rings (SSSR count). The monoisotopic (exact) mass is 294 g/mol. The molecule has 20 heavy (non-hydrogen) atoms. The van der Waals surface area contributed by atoms with Crippen molar-refractivity contribution in [1.82, 2.24) is 5.32 Å². The third-order valence-corrected chi connectivity index (χ3v) is 4.74. The van der Waals surface area contributed by atoms with E-state index in [-0.39, 0.29) is 12.1 Å². The second kappa shape index (κ2) is 6.99. The molecule has 3 atom stereocenters. The number of carbonyl (C=O) groups excluding carboxylic acids is 1. The van der Waals surface area contributed by atoms with Gasteiger partial charge in [-0.25, -0.2) is 4.79 Å². The Balaban J connectivity index is 1.93. The first-order valence-electron chi connectivity index (χ1n) is 6.98. The summed E-state index contributed by atoms with van der Waals surface area (Å²) in [6, 6.07) is 7.51. The summed E-state index contributed by atoms with van der Waals surface area (Å²) in [4.78, 5) is 11.9. The number of rotatable bonds is 4. The highest BCUT2D eigenvalue weighted by atomic mass is 32.2. The van der Waals surface area contributed by atoms with E-state index >= 15 is 0 Å². The third-order valence-electron chi connectivity index (χ3n) is 3.76. The summed E-state index contributed by atoms with van der Waals surface area (Å²) < 4.78 is 0. The largest absolute Gasteiger partial charge is 0.391 e. The van der Waals surface area contributed by atoms with Crippen molar-refractivity contribution in [3.05, 3.63) is 29.8 Å². The van der Waals surface area contributed by atoms with Gasteiger partial charge in [-0.2, -0.15) is 11.8 Å². The summed E-state index contributed by atoms with van der Waals surface area (Å²) in [7, 11) is 0. The van der Waals surface area contributed by atoms with Crippen molar-refractivity contribution >= 4 is 23.5 Å². The van der Waals surface area contributed by atoms with Crippen LogP contribution in [0.1, 0.15) is 37.0 Å². The van der Waals surface area contributed by atoms with Gasteiger partial charge in [0.1, 0.15) is 0 Å². The molecule has 0 saturated heterocycles. The van der Waals surface area contributed by atoms with E-state index in [0.717, 1.165) is 24.9 Å². The number of benzene rings is 1. The SMILES string of the molecule is CSC(C)c1cccc(NC(=O)NC2CCCC2O)c1. The van der Waals surface area contributed by atoms with Crippen molar-refractivity contribution < 1.29 is 9.90 Å². The van der Waals surface area contributed by atoms with Gasteiger partial charge in [0.05, 0.1) is 12.1 Å². The van der Waals surface area contributed by atoms with Gasteiger partial charge in [-0.1, -0.05) is 12.1 Å². The minimum Gasteiger partial charge on any atom is -0.391 e. The molecule has 1 aliphatic rings. The van der Waals surface area contributed by atoms with Crippen molar-refractivity contribution in [3.63, 3.8) is 0 Å². The molecule has 1 aliphatic carbocycles. The number of hydrogen-bond donors (Lipinski definition) is 3. The van der Waals surface area contributed by atoms with Crippen molar-refractivity contribution in [1.29, 1.82) is 0 Å². The number of hydrogen-bond acceptors (Lipinski definition) is 3. The number of amides is 2. The van der Waals surface area contributed by atoms with Crippen LogP contribution in [0.5, 0.6) is 0 Å². The van der Waals surface area contributed by atoms with E-state index in [4.69, 9.17) is 0 Å². The van der Waals surface area contributed by atoms with Gasteiger partial charge in [-0.15, -0.1) is 0 Å². The molecule has 4 nitrogen and oxygen atoms in total. The summed E-state index contributed by atoms with van der Waals surface area (Å²) in [6.45, 7) is 2.14. The first-order chi connectivity index (χ1) is 9.60. The van der Waals surface area contributed by atoms with Gasteiger partial charge in [0.15, 0.2) is 0 Å². The molecule has 0 bridgehead atoms. The number of thioether (sulfide) groups is 1. The molecule has 3 unspecified atom stereocenters.